The number of nitriles is 1. The molecule has 0 fully saturated rings. The zero-order valence-corrected chi connectivity index (χ0v) is 13.1. The fourth-order valence-electron chi connectivity index (χ4n) is 1.96. The second-order valence-electron chi connectivity index (χ2n) is 5.07. The summed E-state index contributed by atoms with van der Waals surface area (Å²) in [6.45, 7) is 0.796. The van der Waals surface area contributed by atoms with Crippen LogP contribution in [0.1, 0.15) is 16.7 Å². The Balaban J connectivity index is 1.86. The van der Waals surface area contributed by atoms with Gasteiger partial charge < -0.3 is 15.7 Å². The molecule has 1 amide bonds. The highest BCUT2D eigenvalue weighted by molar-refractivity contribution is 5.97. The van der Waals surface area contributed by atoms with Gasteiger partial charge in [-0.05, 0) is 22.8 Å². The predicted molar refractivity (Wildman–Crippen MR) is 89.0 cm³/mol. The van der Waals surface area contributed by atoms with Crippen molar-refractivity contribution in [1.29, 1.82) is 5.26 Å². The average Bonchev–Trinajstić information content (AvgIpc) is 2.64. The third-order valence-electron chi connectivity index (χ3n) is 3.30. The van der Waals surface area contributed by atoms with Crippen molar-refractivity contribution >= 4 is 5.91 Å². The Bertz CT molecular complexity index is 734. The van der Waals surface area contributed by atoms with Gasteiger partial charge in [-0.3, -0.25) is 9.78 Å². The molecule has 6 nitrogen and oxygen atoms in total. The molecule has 0 unspecified atom stereocenters. The first-order valence-electron chi connectivity index (χ1n) is 7.42. The lowest BCUT2D eigenvalue weighted by Gasteiger charge is -2.06. The van der Waals surface area contributed by atoms with Crippen molar-refractivity contribution in [1.82, 2.24) is 15.6 Å². The molecule has 0 aliphatic heterocycles. The molecule has 2 rings (SSSR count). The predicted octanol–water partition coefficient (Wildman–Crippen LogP) is 1.39. The molecule has 1 heterocycles. The molecule has 2 aromatic rings. The van der Waals surface area contributed by atoms with Crippen LogP contribution in [0.4, 0.5) is 0 Å². The van der Waals surface area contributed by atoms with Crippen molar-refractivity contribution in [3.8, 4) is 6.07 Å². The van der Waals surface area contributed by atoms with Gasteiger partial charge in [0.1, 0.15) is 11.6 Å². The normalized spacial score (nSPS) is 10.8. The Hall–Kier alpha value is -3.17. The Labute approximate surface area is 140 Å². The molecule has 1 aromatic heterocycles. The fraction of sp³-hybridized carbons (Fsp3) is 0.167. The Kier molecular flexibility index (Phi) is 6.50. The molecule has 3 N–H and O–H groups in total. The standard InChI is InChI=1S/C18H18N4O2/c19-8-17(18(24)22-11-16-2-1-7-20-10-16)12-21-9-14-3-5-15(13-23)6-4-14/h1-7,10,12,21,23H,9,11,13H2,(H,22,24)/b17-12-. The van der Waals surface area contributed by atoms with E-state index in [0.29, 0.717) is 13.1 Å². The van der Waals surface area contributed by atoms with Crippen LogP contribution in [0, 0.1) is 11.3 Å². The molecule has 0 aliphatic carbocycles. The second-order valence-corrected chi connectivity index (χ2v) is 5.07. The zero-order chi connectivity index (χ0) is 17.2. The van der Waals surface area contributed by atoms with Crippen LogP contribution in [0.25, 0.3) is 0 Å². The van der Waals surface area contributed by atoms with E-state index < -0.39 is 5.91 Å². The number of carbonyl (C=O) groups is 1. The van der Waals surface area contributed by atoms with E-state index in [0.717, 1.165) is 16.7 Å². The van der Waals surface area contributed by atoms with Crippen molar-refractivity contribution in [2.24, 2.45) is 0 Å². The molecule has 1 aromatic carbocycles. The van der Waals surface area contributed by atoms with Crippen LogP contribution in [0.3, 0.4) is 0 Å². The Morgan fingerprint density at radius 3 is 2.54 bits per heavy atom. The van der Waals surface area contributed by atoms with Gasteiger partial charge in [0.15, 0.2) is 0 Å². The number of pyridine rings is 1. The van der Waals surface area contributed by atoms with E-state index in [4.69, 9.17) is 10.4 Å². The third-order valence-corrected chi connectivity index (χ3v) is 3.30. The van der Waals surface area contributed by atoms with E-state index in [2.05, 4.69) is 15.6 Å². The van der Waals surface area contributed by atoms with E-state index in [-0.39, 0.29) is 12.2 Å². The quantitative estimate of drug-likeness (QED) is 0.528. The monoisotopic (exact) mass is 322 g/mol. The summed E-state index contributed by atoms with van der Waals surface area (Å²) in [5.74, 6) is -0.440. The Morgan fingerprint density at radius 1 is 1.17 bits per heavy atom. The van der Waals surface area contributed by atoms with Crippen LogP contribution < -0.4 is 10.6 Å². The third kappa shape index (κ3) is 5.23. The highest BCUT2D eigenvalue weighted by Gasteiger charge is 2.08. The number of hydrogen-bond donors (Lipinski definition) is 3. The van der Waals surface area contributed by atoms with Crippen LogP contribution >= 0.6 is 0 Å². The van der Waals surface area contributed by atoms with E-state index in [1.165, 1.54) is 6.20 Å². The van der Waals surface area contributed by atoms with Gasteiger partial charge >= 0.3 is 0 Å². The minimum atomic E-state index is -0.440. The van der Waals surface area contributed by atoms with Gasteiger partial charge in [-0.15, -0.1) is 0 Å². The number of rotatable bonds is 7. The van der Waals surface area contributed by atoms with Crippen molar-refractivity contribution < 1.29 is 9.90 Å². The molecular formula is C18H18N4O2. The smallest absolute Gasteiger partial charge is 0.263 e. The van der Waals surface area contributed by atoms with Crippen LogP contribution in [0.2, 0.25) is 0 Å². The molecule has 0 bridgehead atoms. The summed E-state index contributed by atoms with van der Waals surface area (Å²) in [6.07, 6.45) is 4.71. The van der Waals surface area contributed by atoms with Crippen molar-refractivity contribution in [2.75, 3.05) is 0 Å². The van der Waals surface area contributed by atoms with Gasteiger partial charge in [-0.25, -0.2) is 0 Å². The molecule has 122 valence electrons. The molecule has 0 saturated heterocycles. The van der Waals surface area contributed by atoms with Gasteiger partial charge in [0, 0.05) is 31.7 Å². The van der Waals surface area contributed by atoms with Crippen LogP contribution in [0.15, 0.2) is 60.6 Å². The topological polar surface area (TPSA) is 98.0 Å². The molecule has 0 saturated carbocycles. The number of aliphatic hydroxyl groups excluding tert-OH is 1. The highest BCUT2D eigenvalue weighted by atomic mass is 16.3. The number of amides is 1. The summed E-state index contributed by atoms with van der Waals surface area (Å²) in [4.78, 5) is 15.9. The first-order chi connectivity index (χ1) is 11.7. The van der Waals surface area contributed by atoms with Crippen molar-refractivity contribution in [3.05, 3.63) is 77.3 Å². The van der Waals surface area contributed by atoms with E-state index >= 15 is 0 Å². The largest absolute Gasteiger partial charge is 0.392 e. The van der Waals surface area contributed by atoms with Crippen molar-refractivity contribution in [3.63, 3.8) is 0 Å². The number of aromatic nitrogens is 1. The van der Waals surface area contributed by atoms with Crippen LogP contribution in [0.5, 0.6) is 0 Å². The summed E-state index contributed by atoms with van der Waals surface area (Å²) < 4.78 is 0. The maximum Gasteiger partial charge on any atom is 0.263 e. The minimum Gasteiger partial charge on any atom is -0.392 e. The number of nitrogens with one attached hydrogen (secondary N) is 2. The Morgan fingerprint density at radius 2 is 1.92 bits per heavy atom. The number of nitrogens with zero attached hydrogens (tertiary/aromatic N) is 2. The van der Waals surface area contributed by atoms with Crippen LogP contribution in [-0.2, 0) is 24.5 Å². The first-order valence-corrected chi connectivity index (χ1v) is 7.42. The molecule has 24 heavy (non-hydrogen) atoms. The fourth-order valence-corrected chi connectivity index (χ4v) is 1.96. The summed E-state index contributed by atoms with van der Waals surface area (Å²) >= 11 is 0. The number of carbonyl (C=O) groups excluding carboxylic acids is 1. The summed E-state index contributed by atoms with van der Waals surface area (Å²) in [7, 11) is 0. The van der Waals surface area contributed by atoms with Crippen LogP contribution in [-0.4, -0.2) is 16.0 Å². The number of benzene rings is 1. The first kappa shape index (κ1) is 17.2. The summed E-state index contributed by atoms with van der Waals surface area (Å²) in [5.41, 5.74) is 2.68. The maximum atomic E-state index is 12.0. The maximum absolute atomic E-state index is 12.0. The van der Waals surface area contributed by atoms with E-state index in [9.17, 15) is 4.79 Å². The van der Waals surface area contributed by atoms with Gasteiger partial charge in [-0.1, -0.05) is 30.3 Å². The zero-order valence-electron chi connectivity index (χ0n) is 13.1. The van der Waals surface area contributed by atoms with Crippen molar-refractivity contribution in [2.45, 2.75) is 19.7 Å². The lowest BCUT2D eigenvalue weighted by molar-refractivity contribution is -0.117. The minimum absolute atomic E-state index is 0.00327. The lowest BCUT2D eigenvalue weighted by atomic mass is 10.1. The summed E-state index contributed by atoms with van der Waals surface area (Å²) in [5, 5.41) is 23.7. The average molecular weight is 322 g/mol. The van der Waals surface area contributed by atoms with Gasteiger partial charge in [-0.2, -0.15) is 5.26 Å². The molecule has 6 heteroatoms. The molecular weight excluding hydrogens is 304 g/mol. The number of hydrogen-bond acceptors (Lipinski definition) is 5. The molecule has 0 radical (unpaired) electrons. The second kappa shape index (κ2) is 9.08. The van der Waals surface area contributed by atoms with E-state index in [1.54, 1.807) is 18.5 Å². The van der Waals surface area contributed by atoms with E-state index in [1.807, 2.05) is 36.4 Å². The number of aliphatic hydroxyl groups is 1. The summed E-state index contributed by atoms with van der Waals surface area (Å²) in [6, 6.07) is 12.9. The molecule has 0 spiro atoms. The van der Waals surface area contributed by atoms with Gasteiger partial charge in [0.05, 0.1) is 6.61 Å². The SMILES string of the molecule is N#C/C(=C/NCc1ccc(CO)cc1)C(=O)NCc1cccnc1. The lowest BCUT2D eigenvalue weighted by Crippen LogP contribution is -2.25. The highest BCUT2D eigenvalue weighted by Crippen LogP contribution is 2.04. The van der Waals surface area contributed by atoms with Gasteiger partial charge in [0.2, 0.25) is 0 Å². The molecule has 0 aliphatic rings. The molecule has 0 atom stereocenters. The van der Waals surface area contributed by atoms with Gasteiger partial charge in [0.25, 0.3) is 5.91 Å².